The van der Waals surface area contributed by atoms with Crippen LogP contribution in [0.3, 0.4) is 0 Å². The van der Waals surface area contributed by atoms with Crippen LogP contribution >= 0.6 is 0 Å². The summed E-state index contributed by atoms with van der Waals surface area (Å²) in [6.07, 6.45) is 6.69. The average Bonchev–Trinajstić information content (AvgIpc) is 3.48. The molecule has 1 saturated heterocycles. The summed E-state index contributed by atoms with van der Waals surface area (Å²) in [6, 6.07) is 6.79. The number of piperidine rings is 1. The van der Waals surface area contributed by atoms with Gasteiger partial charge in [0, 0.05) is 63.5 Å². The van der Waals surface area contributed by atoms with Crippen LogP contribution in [-0.2, 0) is 19.8 Å². The molecule has 0 atom stereocenters. The summed E-state index contributed by atoms with van der Waals surface area (Å²) in [5, 5.41) is 22.0. The van der Waals surface area contributed by atoms with Gasteiger partial charge in [-0.25, -0.2) is 14.4 Å². The van der Waals surface area contributed by atoms with Crippen LogP contribution in [0.25, 0.3) is 22.5 Å². The van der Waals surface area contributed by atoms with E-state index in [0.717, 1.165) is 5.56 Å². The van der Waals surface area contributed by atoms with E-state index < -0.39 is 11.6 Å². The van der Waals surface area contributed by atoms with Gasteiger partial charge in [-0.3, -0.25) is 4.68 Å². The second kappa shape index (κ2) is 8.30. The van der Waals surface area contributed by atoms with Gasteiger partial charge in [0.05, 0.1) is 28.8 Å². The molecule has 0 amide bonds. The molecule has 0 aliphatic carbocycles. The lowest BCUT2D eigenvalue weighted by Gasteiger charge is -2.37. The van der Waals surface area contributed by atoms with Crippen molar-refractivity contribution in [2.75, 3.05) is 18.0 Å². The van der Waals surface area contributed by atoms with E-state index in [9.17, 15) is 9.65 Å². The first-order valence-electron chi connectivity index (χ1n) is 10.7. The zero-order valence-corrected chi connectivity index (χ0v) is 18.7. The molecule has 0 saturated carbocycles. The molecule has 0 bridgehead atoms. The maximum absolute atomic E-state index is 15.7. The Morgan fingerprint density at radius 2 is 1.91 bits per heavy atom. The third kappa shape index (κ3) is 3.77. The van der Waals surface area contributed by atoms with Crippen LogP contribution < -0.4 is 4.90 Å². The number of aryl methyl sites for hydroxylation is 2. The van der Waals surface area contributed by atoms with E-state index in [4.69, 9.17) is 4.98 Å². The molecule has 1 aliphatic rings. The zero-order chi connectivity index (χ0) is 23.9. The summed E-state index contributed by atoms with van der Waals surface area (Å²) >= 11 is 0. The normalized spacial score (nSPS) is 15.3. The number of nitriles is 1. The van der Waals surface area contributed by atoms with Crippen molar-refractivity contribution in [3.05, 3.63) is 60.5 Å². The molecule has 11 heteroatoms. The van der Waals surface area contributed by atoms with E-state index in [0.29, 0.717) is 47.1 Å². The molecule has 0 unspecified atom stereocenters. The van der Waals surface area contributed by atoms with E-state index in [-0.39, 0.29) is 12.8 Å². The summed E-state index contributed by atoms with van der Waals surface area (Å²) in [5.41, 5.74) is 1.69. The topological polar surface area (TPSA) is 101 Å². The first-order valence-corrected chi connectivity index (χ1v) is 10.7. The monoisotopic (exact) mass is 461 g/mol. The van der Waals surface area contributed by atoms with Crippen molar-refractivity contribution in [1.82, 2.24) is 34.5 Å². The van der Waals surface area contributed by atoms with Gasteiger partial charge in [0.1, 0.15) is 12.4 Å². The van der Waals surface area contributed by atoms with Crippen LogP contribution in [0.4, 0.5) is 14.5 Å². The fourth-order valence-electron chi connectivity index (χ4n) is 4.36. The van der Waals surface area contributed by atoms with Crippen molar-refractivity contribution in [2.45, 2.75) is 18.5 Å². The van der Waals surface area contributed by atoms with Crippen molar-refractivity contribution in [3.8, 4) is 28.6 Å². The molecule has 5 heterocycles. The highest BCUT2D eigenvalue weighted by molar-refractivity contribution is 5.82. The Morgan fingerprint density at radius 1 is 1.12 bits per heavy atom. The summed E-state index contributed by atoms with van der Waals surface area (Å²) in [4.78, 5) is 10.5. The Hall–Kier alpha value is -4.20. The summed E-state index contributed by atoms with van der Waals surface area (Å²) in [7, 11) is 3.51. The Labute approximate surface area is 194 Å². The van der Waals surface area contributed by atoms with Gasteiger partial charge in [-0.2, -0.15) is 14.8 Å². The summed E-state index contributed by atoms with van der Waals surface area (Å²) in [5.74, 6) is -0.321. The van der Waals surface area contributed by atoms with E-state index in [1.807, 2.05) is 4.90 Å². The number of halogens is 2. The molecule has 0 spiro atoms. The Kier molecular flexibility index (Phi) is 5.28. The van der Waals surface area contributed by atoms with Gasteiger partial charge >= 0.3 is 0 Å². The molecule has 34 heavy (non-hydrogen) atoms. The molecule has 0 radical (unpaired) electrons. The predicted octanol–water partition coefficient (Wildman–Crippen LogP) is 3.15. The van der Waals surface area contributed by atoms with Gasteiger partial charge in [0.15, 0.2) is 11.5 Å². The predicted molar refractivity (Wildman–Crippen MR) is 120 cm³/mol. The molecule has 172 valence electrons. The number of pyridine rings is 2. The van der Waals surface area contributed by atoms with Gasteiger partial charge in [-0.15, -0.1) is 10.2 Å². The zero-order valence-electron chi connectivity index (χ0n) is 18.7. The third-order valence-corrected chi connectivity index (χ3v) is 6.10. The standard InChI is InChI=1S/C23H21F2N9/c1-32-14-28-31-22(32)23(25)5-7-34(8-6-23)21-16(10-26)9-18(17-12-29-33(2)13-17)30-20(21)15-3-4-19(24)27-11-15/h3-4,9,11-14H,5-8H2,1-2H3. The fraction of sp³-hybridized carbons (Fsp3) is 0.304. The van der Waals surface area contributed by atoms with Crippen LogP contribution in [0.1, 0.15) is 24.2 Å². The molecule has 4 aromatic rings. The average molecular weight is 461 g/mol. The number of rotatable bonds is 4. The molecule has 1 fully saturated rings. The molecular formula is C23H21F2N9. The molecule has 0 N–H and O–H groups in total. The van der Waals surface area contributed by atoms with Crippen LogP contribution in [0, 0.1) is 17.3 Å². The first kappa shape index (κ1) is 21.6. The number of aromatic nitrogens is 7. The van der Waals surface area contributed by atoms with Crippen molar-refractivity contribution < 1.29 is 8.78 Å². The second-order valence-electron chi connectivity index (χ2n) is 8.35. The summed E-state index contributed by atoms with van der Waals surface area (Å²) in [6.45, 7) is 0.682. The number of alkyl halides is 1. The second-order valence-corrected chi connectivity index (χ2v) is 8.35. The van der Waals surface area contributed by atoms with Crippen molar-refractivity contribution in [2.24, 2.45) is 14.1 Å². The van der Waals surface area contributed by atoms with Gasteiger partial charge in [0.2, 0.25) is 5.95 Å². The number of hydrogen-bond acceptors (Lipinski definition) is 7. The molecule has 0 aromatic carbocycles. The van der Waals surface area contributed by atoms with E-state index in [1.54, 1.807) is 47.9 Å². The Bertz CT molecular complexity index is 1380. The highest BCUT2D eigenvalue weighted by atomic mass is 19.1. The first-order chi connectivity index (χ1) is 16.4. The van der Waals surface area contributed by atoms with Crippen molar-refractivity contribution in [1.29, 1.82) is 5.26 Å². The maximum atomic E-state index is 15.7. The highest BCUT2D eigenvalue weighted by Gasteiger charge is 2.41. The summed E-state index contributed by atoms with van der Waals surface area (Å²) < 4.78 is 32.5. The SMILES string of the molecule is Cn1cc(-c2cc(C#N)c(N3CCC(F)(c4nncn4C)CC3)c(-c3ccc(F)nc3)n2)cn1. The quantitative estimate of drug-likeness (QED) is 0.430. The van der Waals surface area contributed by atoms with Crippen LogP contribution in [0.15, 0.2) is 43.1 Å². The minimum absolute atomic E-state index is 0.176. The van der Waals surface area contributed by atoms with Crippen LogP contribution in [0.5, 0.6) is 0 Å². The van der Waals surface area contributed by atoms with E-state index in [2.05, 4.69) is 26.3 Å². The van der Waals surface area contributed by atoms with Gasteiger partial charge in [0.25, 0.3) is 0 Å². The Morgan fingerprint density at radius 3 is 2.50 bits per heavy atom. The Balaban J connectivity index is 1.58. The number of anilines is 1. The van der Waals surface area contributed by atoms with Crippen molar-refractivity contribution in [3.63, 3.8) is 0 Å². The molecule has 9 nitrogen and oxygen atoms in total. The van der Waals surface area contributed by atoms with E-state index >= 15 is 4.39 Å². The lowest BCUT2D eigenvalue weighted by molar-refractivity contribution is 0.109. The molecule has 5 rings (SSSR count). The molecule has 4 aromatic heterocycles. The van der Waals surface area contributed by atoms with Gasteiger partial charge in [-0.1, -0.05) is 0 Å². The lowest BCUT2D eigenvalue weighted by atomic mass is 9.91. The third-order valence-electron chi connectivity index (χ3n) is 6.10. The minimum Gasteiger partial charge on any atom is -0.368 e. The van der Waals surface area contributed by atoms with Crippen LogP contribution in [0.2, 0.25) is 0 Å². The van der Waals surface area contributed by atoms with Crippen LogP contribution in [-0.4, -0.2) is 47.6 Å². The highest BCUT2D eigenvalue weighted by Crippen LogP contribution is 2.41. The van der Waals surface area contributed by atoms with Crippen molar-refractivity contribution >= 4 is 5.69 Å². The largest absolute Gasteiger partial charge is 0.368 e. The van der Waals surface area contributed by atoms with Gasteiger partial charge in [-0.05, 0) is 18.2 Å². The molecular weight excluding hydrogens is 440 g/mol. The smallest absolute Gasteiger partial charge is 0.212 e. The lowest BCUT2D eigenvalue weighted by Crippen LogP contribution is -2.42. The number of hydrogen-bond donors (Lipinski definition) is 0. The maximum Gasteiger partial charge on any atom is 0.212 e. The fourth-order valence-corrected chi connectivity index (χ4v) is 4.36. The van der Waals surface area contributed by atoms with Gasteiger partial charge < -0.3 is 9.47 Å². The van der Waals surface area contributed by atoms with E-state index in [1.165, 1.54) is 18.6 Å². The number of nitrogens with zero attached hydrogens (tertiary/aromatic N) is 9. The molecule has 1 aliphatic heterocycles. The minimum atomic E-state index is -1.62.